The molecule has 0 saturated heterocycles. The van der Waals surface area contributed by atoms with Crippen LogP contribution < -0.4 is 5.32 Å². The summed E-state index contributed by atoms with van der Waals surface area (Å²) < 4.78 is 13.2. The van der Waals surface area contributed by atoms with Gasteiger partial charge in [-0.3, -0.25) is 0 Å². The molecule has 2 rings (SSSR count). The van der Waals surface area contributed by atoms with Crippen molar-refractivity contribution in [2.75, 3.05) is 13.1 Å². The fraction of sp³-hybridized carbons (Fsp3) is 0.385. The summed E-state index contributed by atoms with van der Waals surface area (Å²) in [4.78, 5) is 0. The molecule has 0 spiro atoms. The maximum absolute atomic E-state index is 13.2. The summed E-state index contributed by atoms with van der Waals surface area (Å²) in [6.07, 6.45) is 0.861. The van der Waals surface area contributed by atoms with Gasteiger partial charge in [-0.15, -0.1) is 10.2 Å². The number of halogens is 1. The van der Waals surface area contributed by atoms with Crippen LogP contribution in [0.3, 0.4) is 0 Å². The first-order valence-corrected chi connectivity index (χ1v) is 6.82. The summed E-state index contributed by atoms with van der Waals surface area (Å²) >= 11 is 1.53. The van der Waals surface area contributed by atoms with Crippen LogP contribution in [-0.2, 0) is 6.42 Å². The van der Waals surface area contributed by atoms with Crippen molar-refractivity contribution in [2.24, 2.45) is 0 Å². The van der Waals surface area contributed by atoms with Gasteiger partial charge in [0.05, 0.1) is 0 Å². The monoisotopic (exact) mass is 265 g/mol. The number of hydrogen-bond acceptors (Lipinski definition) is 4. The fourth-order valence-corrected chi connectivity index (χ4v) is 2.58. The highest BCUT2D eigenvalue weighted by atomic mass is 32.1. The van der Waals surface area contributed by atoms with Crippen molar-refractivity contribution < 1.29 is 4.39 Å². The van der Waals surface area contributed by atoms with Crippen LogP contribution in [0.5, 0.6) is 0 Å². The number of likely N-dealkylation sites (N-methyl/N-ethyl adjacent to an activating group) is 1. The lowest BCUT2D eigenvalue weighted by Gasteiger charge is -2.00. The molecule has 1 N–H and O–H groups in total. The van der Waals surface area contributed by atoms with E-state index in [1.54, 1.807) is 6.07 Å². The lowest BCUT2D eigenvalue weighted by atomic mass is 10.1. The maximum atomic E-state index is 13.2. The molecule has 0 saturated carbocycles. The Labute approximate surface area is 110 Å². The minimum Gasteiger partial charge on any atom is -0.317 e. The van der Waals surface area contributed by atoms with Crippen molar-refractivity contribution in [1.82, 2.24) is 15.5 Å². The first kappa shape index (κ1) is 13.1. The molecule has 0 aliphatic heterocycles. The zero-order chi connectivity index (χ0) is 13.0. The van der Waals surface area contributed by atoms with Crippen LogP contribution >= 0.6 is 11.3 Å². The van der Waals surface area contributed by atoms with E-state index < -0.39 is 0 Å². The van der Waals surface area contributed by atoms with Gasteiger partial charge in [0.2, 0.25) is 0 Å². The molecule has 0 aliphatic carbocycles. The predicted octanol–water partition coefficient (Wildman–Crippen LogP) is 2.80. The van der Waals surface area contributed by atoms with Gasteiger partial charge in [-0.05, 0) is 31.2 Å². The Morgan fingerprint density at radius 2 is 2.17 bits per heavy atom. The minimum absolute atomic E-state index is 0.236. The lowest BCUT2D eigenvalue weighted by Crippen LogP contribution is -2.15. The maximum Gasteiger partial charge on any atom is 0.148 e. The number of benzene rings is 1. The van der Waals surface area contributed by atoms with Crippen molar-refractivity contribution >= 4 is 11.3 Å². The molecule has 18 heavy (non-hydrogen) atoms. The smallest absolute Gasteiger partial charge is 0.148 e. The molecular weight excluding hydrogens is 249 g/mol. The molecule has 0 bridgehead atoms. The highest BCUT2D eigenvalue weighted by molar-refractivity contribution is 7.14. The second-order valence-electron chi connectivity index (χ2n) is 4.06. The normalized spacial score (nSPS) is 10.8. The minimum atomic E-state index is -0.236. The molecule has 5 heteroatoms. The largest absolute Gasteiger partial charge is 0.317 e. The Morgan fingerprint density at radius 3 is 2.94 bits per heavy atom. The summed E-state index contributed by atoms with van der Waals surface area (Å²) in [5, 5.41) is 13.3. The van der Waals surface area contributed by atoms with Gasteiger partial charge in [-0.25, -0.2) is 4.39 Å². The number of nitrogens with zero attached hydrogens (tertiary/aromatic N) is 2. The van der Waals surface area contributed by atoms with Crippen LogP contribution in [0.15, 0.2) is 18.2 Å². The second kappa shape index (κ2) is 6.02. The van der Waals surface area contributed by atoms with E-state index in [0.717, 1.165) is 40.7 Å². The van der Waals surface area contributed by atoms with E-state index >= 15 is 0 Å². The predicted molar refractivity (Wildman–Crippen MR) is 72.3 cm³/mol. The van der Waals surface area contributed by atoms with Gasteiger partial charge in [-0.1, -0.05) is 24.3 Å². The van der Waals surface area contributed by atoms with Crippen molar-refractivity contribution in [3.63, 3.8) is 0 Å². The quantitative estimate of drug-likeness (QED) is 0.845. The highest BCUT2D eigenvalue weighted by Gasteiger charge is 2.09. The van der Waals surface area contributed by atoms with E-state index in [1.807, 2.05) is 6.92 Å². The summed E-state index contributed by atoms with van der Waals surface area (Å²) in [5.74, 6) is -0.236. The molecule has 0 atom stereocenters. The molecule has 1 aromatic carbocycles. The van der Waals surface area contributed by atoms with E-state index in [2.05, 4.69) is 22.4 Å². The summed E-state index contributed by atoms with van der Waals surface area (Å²) in [6, 6.07) is 4.75. The van der Waals surface area contributed by atoms with Crippen LogP contribution in [0, 0.1) is 12.7 Å². The summed E-state index contributed by atoms with van der Waals surface area (Å²) in [7, 11) is 0. The van der Waals surface area contributed by atoms with E-state index in [4.69, 9.17) is 0 Å². The van der Waals surface area contributed by atoms with E-state index in [0.29, 0.717) is 0 Å². The molecule has 0 aliphatic rings. The second-order valence-corrected chi connectivity index (χ2v) is 5.13. The molecule has 2 aromatic rings. The van der Waals surface area contributed by atoms with Gasteiger partial charge in [0.15, 0.2) is 0 Å². The lowest BCUT2D eigenvalue weighted by molar-refractivity contribution is 0.628. The molecule has 3 nitrogen and oxygen atoms in total. The third-order valence-corrected chi connectivity index (χ3v) is 3.68. The third-order valence-electron chi connectivity index (χ3n) is 2.66. The molecule has 1 aromatic heterocycles. The average Bonchev–Trinajstić information content (AvgIpc) is 2.81. The standard InChI is InChI=1S/C13H16FN3S/c1-3-15-7-6-12-16-17-13(18-12)11-8-10(14)5-4-9(11)2/h4-5,8,15H,3,6-7H2,1-2H3. The number of rotatable bonds is 5. The average molecular weight is 265 g/mol. The van der Waals surface area contributed by atoms with Gasteiger partial charge in [0.25, 0.3) is 0 Å². The van der Waals surface area contributed by atoms with E-state index in [-0.39, 0.29) is 5.82 Å². The molecule has 0 radical (unpaired) electrons. The Bertz CT molecular complexity index is 525. The molecule has 0 fully saturated rings. The van der Waals surface area contributed by atoms with Gasteiger partial charge >= 0.3 is 0 Å². The highest BCUT2D eigenvalue weighted by Crippen LogP contribution is 2.27. The molecule has 0 unspecified atom stereocenters. The van der Waals surface area contributed by atoms with Crippen LogP contribution in [-0.4, -0.2) is 23.3 Å². The Hall–Kier alpha value is -1.33. The van der Waals surface area contributed by atoms with Crippen LogP contribution in [0.1, 0.15) is 17.5 Å². The van der Waals surface area contributed by atoms with E-state index in [9.17, 15) is 4.39 Å². The Kier molecular flexibility index (Phi) is 4.38. The third kappa shape index (κ3) is 3.11. The number of hydrogen-bond donors (Lipinski definition) is 1. The summed E-state index contributed by atoms with van der Waals surface area (Å²) in [5.41, 5.74) is 1.85. The van der Waals surface area contributed by atoms with E-state index in [1.165, 1.54) is 23.5 Å². The first-order valence-electron chi connectivity index (χ1n) is 6.00. The number of aryl methyl sites for hydroxylation is 1. The van der Waals surface area contributed by atoms with Crippen molar-refractivity contribution in [3.05, 3.63) is 34.6 Å². The summed E-state index contributed by atoms with van der Waals surface area (Å²) in [6.45, 7) is 5.87. The van der Waals surface area contributed by atoms with Crippen LogP contribution in [0.4, 0.5) is 4.39 Å². The molecule has 1 heterocycles. The van der Waals surface area contributed by atoms with Crippen LogP contribution in [0.25, 0.3) is 10.6 Å². The SMILES string of the molecule is CCNCCc1nnc(-c2cc(F)ccc2C)s1. The van der Waals surface area contributed by atoms with Crippen molar-refractivity contribution in [2.45, 2.75) is 20.3 Å². The fourth-order valence-electron chi connectivity index (χ4n) is 1.66. The van der Waals surface area contributed by atoms with Gasteiger partial charge < -0.3 is 5.32 Å². The van der Waals surface area contributed by atoms with Gasteiger partial charge in [-0.2, -0.15) is 0 Å². The van der Waals surface area contributed by atoms with Crippen molar-refractivity contribution in [1.29, 1.82) is 0 Å². The van der Waals surface area contributed by atoms with Crippen molar-refractivity contribution in [3.8, 4) is 10.6 Å². The van der Waals surface area contributed by atoms with Crippen LogP contribution in [0.2, 0.25) is 0 Å². The Morgan fingerprint density at radius 1 is 1.33 bits per heavy atom. The Balaban J connectivity index is 2.16. The topological polar surface area (TPSA) is 37.8 Å². The zero-order valence-corrected chi connectivity index (χ0v) is 11.4. The zero-order valence-electron chi connectivity index (χ0n) is 10.5. The van der Waals surface area contributed by atoms with Gasteiger partial charge in [0, 0.05) is 18.5 Å². The molecule has 96 valence electrons. The van der Waals surface area contributed by atoms with Gasteiger partial charge in [0.1, 0.15) is 15.8 Å². The number of aromatic nitrogens is 2. The molecule has 0 amide bonds. The molecular formula is C13H16FN3S. The first-order chi connectivity index (χ1) is 8.70. The number of nitrogens with one attached hydrogen (secondary N) is 1.